The van der Waals surface area contributed by atoms with Crippen LogP contribution in [0.4, 0.5) is 8.78 Å². The number of hydrogen-bond donors (Lipinski definition) is 0. The second-order valence-electron chi connectivity index (χ2n) is 8.43. The minimum absolute atomic E-state index is 0.00610. The molecule has 0 aliphatic carbocycles. The number of fused-ring (bicyclic) bond motifs is 1. The summed E-state index contributed by atoms with van der Waals surface area (Å²) < 4.78 is 53.3. The van der Waals surface area contributed by atoms with Crippen LogP contribution in [0.25, 0.3) is 10.1 Å². The molecule has 0 spiro atoms. The van der Waals surface area contributed by atoms with Crippen molar-refractivity contribution in [3.05, 3.63) is 45.8 Å². The first kappa shape index (κ1) is 27.7. The number of rotatable bonds is 14. The van der Waals surface area contributed by atoms with Gasteiger partial charge in [0, 0.05) is 29.0 Å². The van der Waals surface area contributed by atoms with Crippen LogP contribution in [0.1, 0.15) is 67.3 Å². The fourth-order valence-electron chi connectivity index (χ4n) is 4.10. The summed E-state index contributed by atoms with van der Waals surface area (Å²) in [6.45, 7) is 6.20. The SMILES string of the molecule is CCCC(=O)c1cc2c(F)c(OCCCOc3c(OC)cc(CC)c(CCC)c3F)c(OC)cc2s1. The summed E-state index contributed by atoms with van der Waals surface area (Å²) >= 11 is 1.25. The van der Waals surface area contributed by atoms with Crippen molar-refractivity contribution in [1.29, 1.82) is 0 Å². The highest BCUT2D eigenvalue weighted by atomic mass is 32.1. The molecule has 5 nitrogen and oxygen atoms in total. The van der Waals surface area contributed by atoms with Crippen LogP contribution in [-0.4, -0.2) is 33.2 Å². The van der Waals surface area contributed by atoms with Crippen molar-refractivity contribution in [3.63, 3.8) is 0 Å². The Bertz CT molecular complexity index is 1200. The summed E-state index contributed by atoms with van der Waals surface area (Å²) in [5, 5.41) is 0.331. The van der Waals surface area contributed by atoms with Crippen molar-refractivity contribution in [2.24, 2.45) is 0 Å². The Labute approximate surface area is 215 Å². The van der Waals surface area contributed by atoms with Gasteiger partial charge in [-0.05, 0) is 42.5 Å². The number of Topliss-reactive ketones (excluding diaryl/α,β-unsaturated/α-hetero) is 1. The summed E-state index contributed by atoms with van der Waals surface area (Å²) in [6.07, 6.45) is 3.67. The average Bonchev–Trinajstić information content (AvgIpc) is 3.31. The van der Waals surface area contributed by atoms with Crippen LogP contribution in [0.2, 0.25) is 0 Å². The van der Waals surface area contributed by atoms with Gasteiger partial charge in [0.05, 0.1) is 32.3 Å². The minimum Gasteiger partial charge on any atom is -0.493 e. The summed E-state index contributed by atoms with van der Waals surface area (Å²) in [5.41, 5.74) is 1.56. The average molecular weight is 521 g/mol. The van der Waals surface area contributed by atoms with Crippen LogP contribution in [0.3, 0.4) is 0 Å². The molecule has 1 aromatic heterocycles. The molecule has 0 bridgehead atoms. The summed E-state index contributed by atoms with van der Waals surface area (Å²) in [5.74, 6) is -0.279. The summed E-state index contributed by atoms with van der Waals surface area (Å²) in [7, 11) is 2.93. The molecule has 0 unspecified atom stereocenters. The molecule has 0 saturated heterocycles. The molecule has 0 N–H and O–H groups in total. The maximum Gasteiger partial charge on any atom is 0.197 e. The van der Waals surface area contributed by atoms with E-state index < -0.39 is 11.6 Å². The highest BCUT2D eigenvalue weighted by Gasteiger charge is 2.21. The van der Waals surface area contributed by atoms with E-state index in [0.29, 0.717) is 52.0 Å². The van der Waals surface area contributed by atoms with E-state index in [-0.39, 0.29) is 36.2 Å². The number of carbonyl (C=O) groups is 1. The summed E-state index contributed by atoms with van der Waals surface area (Å²) in [6, 6.07) is 5.09. The zero-order valence-corrected chi connectivity index (χ0v) is 22.4. The van der Waals surface area contributed by atoms with Gasteiger partial charge < -0.3 is 18.9 Å². The molecule has 196 valence electrons. The Balaban J connectivity index is 1.71. The second-order valence-corrected chi connectivity index (χ2v) is 9.51. The molecular weight excluding hydrogens is 486 g/mol. The first-order valence-electron chi connectivity index (χ1n) is 12.4. The van der Waals surface area contributed by atoms with Crippen molar-refractivity contribution in [3.8, 4) is 23.0 Å². The van der Waals surface area contributed by atoms with Crippen LogP contribution < -0.4 is 18.9 Å². The standard InChI is InChI=1S/C28H34F2O5S/c1-6-10-18-17(8-3)14-21(32-4)27(25(18)29)34-12-9-13-35-28-22(33-5)16-23-19(26(28)30)15-24(36-23)20(31)11-7-2/h14-16H,6-13H2,1-5H3. The number of thiophene rings is 1. The molecule has 8 heteroatoms. The third kappa shape index (κ3) is 5.91. The Morgan fingerprint density at radius 2 is 1.53 bits per heavy atom. The molecule has 1 heterocycles. The highest BCUT2D eigenvalue weighted by Crippen LogP contribution is 2.40. The molecule has 0 fully saturated rings. The van der Waals surface area contributed by atoms with Gasteiger partial charge in [-0.15, -0.1) is 11.3 Å². The number of aryl methyl sites for hydroxylation is 1. The minimum atomic E-state index is -0.566. The van der Waals surface area contributed by atoms with E-state index >= 15 is 8.78 Å². The normalized spacial score (nSPS) is 11.1. The molecule has 0 amide bonds. The van der Waals surface area contributed by atoms with Crippen molar-refractivity contribution >= 4 is 27.2 Å². The van der Waals surface area contributed by atoms with Crippen molar-refractivity contribution in [2.75, 3.05) is 27.4 Å². The molecule has 0 saturated carbocycles. The fourth-order valence-corrected chi connectivity index (χ4v) is 5.15. The monoisotopic (exact) mass is 520 g/mol. The maximum absolute atomic E-state index is 15.3. The number of ketones is 1. The van der Waals surface area contributed by atoms with E-state index in [1.54, 1.807) is 12.1 Å². The van der Waals surface area contributed by atoms with E-state index in [9.17, 15) is 4.79 Å². The van der Waals surface area contributed by atoms with Crippen LogP contribution in [-0.2, 0) is 12.8 Å². The number of carbonyl (C=O) groups excluding carboxylic acids is 1. The predicted octanol–water partition coefficient (Wildman–Crippen LogP) is 7.54. The van der Waals surface area contributed by atoms with Gasteiger partial charge in [0.15, 0.2) is 40.4 Å². The molecule has 0 aliphatic rings. The lowest BCUT2D eigenvalue weighted by atomic mass is 9.99. The Morgan fingerprint density at radius 3 is 2.11 bits per heavy atom. The Hall–Kier alpha value is -2.87. The smallest absolute Gasteiger partial charge is 0.197 e. The topological polar surface area (TPSA) is 54.0 Å². The quantitative estimate of drug-likeness (QED) is 0.162. The fraction of sp³-hybridized carbons (Fsp3) is 0.464. The largest absolute Gasteiger partial charge is 0.493 e. The van der Waals surface area contributed by atoms with Crippen molar-refractivity contribution in [2.45, 2.75) is 59.3 Å². The number of methoxy groups -OCH3 is 2. The van der Waals surface area contributed by atoms with Crippen LogP contribution in [0.5, 0.6) is 23.0 Å². The van der Waals surface area contributed by atoms with Crippen LogP contribution in [0, 0.1) is 11.6 Å². The molecule has 2 aromatic carbocycles. The number of benzene rings is 2. The van der Waals surface area contributed by atoms with E-state index in [1.807, 2.05) is 26.8 Å². The van der Waals surface area contributed by atoms with Crippen LogP contribution >= 0.6 is 11.3 Å². The maximum atomic E-state index is 15.3. The third-order valence-electron chi connectivity index (χ3n) is 5.92. The number of hydrogen-bond acceptors (Lipinski definition) is 6. The molecule has 0 radical (unpaired) electrons. The van der Waals surface area contributed by atoms with Gasteiger partial charge in [-0.25, -0.2) is 8.78 Å². The van der Waals surface area contributed by atoms with E-state index in [4.69, 9.17) is 18.9 Å². The van der Waals surface area contributed by atoms with Gasteiger partial charge in [0.25, 0.3) is 0 Å². The van der Waals surface area contributed by atoms with Crippen LogP contribution in [0.15, 0.2) is 18.2 Å². The van der Waals surface area contributed by atoms with Gasteiger partial charge >= 0.3 is 0 Å². The zero-order valence-electron chi connectivity index (χ0n) is 21.6. The number of ether oxygens (including phenoxy) is 4. The lowest BCUT2D eigenvalue weighted by Gasteiger charge is -2.17. The van der Waals surface area contributed by atoms with Gasteiger partial charge in [0.1, 0.15) is 0 Å². The third-order valence-corrected chi connectivity index (χ3v) is 7.04. The van der Waals surface area contributed by atoms with Gasteiger partial charge in [-0.3, -0.25) is 4.79 Å². The van der Waals surface area contributed by atoms with Gasteiger partial charge in [0.2, 0.25) is 0 Å². The first-order chi connectivity index (χ1) is 17.4. The second kappa shape index (κ2) is 12.9. The Morgan fingerprint density at radius 1 is 0.889 bits per heavy atom. The first-order valence-corrected chi connectivity index (χ1v) is 13.2. The lowest BCUT2D eigenvalue weighted by Crippen LogP contribution is -2.10. The lowest BCUT2D eigenvalue weighted by molar-refractivity contribution is 0.0985. The molecule has 0 aliphatic heterocycles. The van der Waals surface area contributed by atoms with Gasteiger partial charge in [-0.1, -0.05) is 27.2 Å². The predicted molar refractivity (Wildman–Crippen MR) is 140 cm³/mol. The zero-order chi connectivity index (χ0) is 26.2. The van der Waals surface area contributed by atoms with Crippen molar-refractivity contribution in [1.82, 2.24) is 0 Å². The van der Waals surface area contributed by atoms with E-state index in [2.05, 4.69) is 0 Å². The summed E-state index contributed by atoms with van der Waals surface area (Å²) in [4.78, 5) is 12.8. The Kier molecular flexibility index (Phi) is 9.93. The molecular formula is C28H34F2O5S. The molecule has 3 aromatic rings. The molecule has 3 rings (SSSR count). The van der Waals surface area contributed by atoms with E-state index in [0.717, 1.165) is 18.4 Å². The van der Waals surface area contributed by atoms with Gasteiger partial charge in [-0.2, -0.15) is 0 Å². The van der Waals surface area contributed by atoms with E-state index in [1.165, 1.54) is 25.6 Å². The van der Waals surface area contributed by atoms with Crippen molar-refractivity contribution < 1.29 is 32.5 Å². The molecule has 36 heavy (non-hydrogen) atoms. The molecule has 0 atom stereocenters. The highest BCUT2D eigenvalue weighted by molar-refractivity contribution is 7.20. The number of halogens is 2.